The molecule has 5 nitrogen and oxygen atoms in total. The molecule has 0 aromatic carbocycles. The number of nitrogens with zero attached hydrogens (tertiary/aromatic N) is 3. The van der Waals surface area contributed by atoms with Crippen LogP contribution in [0.3, 0.4) is 0 Å². The van der Waals surface area contributed by atoms with Crippen molar-refractivity contribution in [2.75, 3.05) is 13.1 Å². The summed E-state index contributed by atoms with van der Waals surface area (Å²) >= 11 is 0. The van der Waals surface area contributed by atoms with Crippen LogP contribution >= 0.6 is 0 Å². The summed E-state index contributed by atoms with van der Waals surface area (Å²) in [6.07, 6.45) is 2.56. The van der Waals surface area contributed by atoms with E-state index in [-0.39, 0.29) is 17.5 Å². The second-order valence-electron chi connectivity index (χ2n) is 6.03. The second-order valence-corrected chi connectivity index (χ2v) is 6.03. The quantitative estimate of drug-likeness (QED) is 0.812. The van der Waals surface area contributed by atoms with Gasteiger partial charge in [0.15, 0.2) is 0 Å². The first kappa shape index (κ1) is 13.1. The molecule has 1 aromatic rings. The molecule has 0 saturated carbocycles. The van der Waals surface area contributed by atoms with Crippen LogP contribution < -0.4 is 5.73 Å². The monoisotopic (exact) mass is 250 g/mol. The lowest BCUT2D eigenvalue weighted by molar-refractivity contribution is 0.0790. The number of hydrogen-bond donors (Lipinski definition) is 1. The molecule has 18 heavy (non-hydrogen) atoms. The van der Waals surface area contributed by atoms with Gasteiger partial charge in [0.1, 0.15) is 0 Å². The van der Waals surface area contributed by atoms with Crippen molar-refractivity contribution in [2.24, 2.45) is 5.73 Å². The molecule has 0 spiro atoms. The minimum Gasteiger partial charge on any atom is -0.337 e. The van der Waals surface area contributed by atoms with Gasteiger partial charge in [0.2, 0.25) is 0 Å². The molecule has 1 saturated heterocycles. The van der Waals surface area contributed by atoms with Crippen molar-refractivity contribution in [2.45, 2.75) is 45.7 Å². The zero-order valence-electron chi connectivity index (χ0n) is 11.6. The van der Waals surface area contributed by atoms with Crippen molar-refractivity contribution in [1.82, 2.24) is 14.7 Å². The fourth-order valence-corrected chi connectivity index (χ4v) is 2.44. The SMILES string of the molecule is Cc1c(C(=O)N2CC[C@@H](N)C2)cnn1C(C)(C)C. The Morgan fingerprint density at radius 3 is 2.61 bits per heavy atom. The highest BCUT2D eigenvalue weighted by molar-refractivity contribution is 5.95. The molecule has 2 rings (SSSR count). The normalized spacial score (nSPS) is 20.5. The van der Waals surface area contributed by atoms with E-state index in [1.807, 2.05) is 16.5 Å². The molecule has 0 aliphatic carbocycles. The van der Waals surface area contributed by atoms with Gasteiger partial charge in [0.05, 0.1) is 17.3 Å². The second kappa shape index (κ2) is 4.39. The molecule has 1 atom stereocenters. The molecule has 0 unspecified atom stereocenters. The molecular weight excluding hydrogens is 228 g/mol. The van der Waals surface area contributed by atoms with Gasteiger partial charge in [-0.2, -0.15) is 5.10 Å². The lowest BCUT2D eigenvalue weighted by atomic mass is 10.1. The van der Waals surface area contributed by atoms with Crippen LogP contribution in [0, 0.1) is 6.92 Å². The highest BCUT2D eigenvalue weighted by atomic mass is 16.2. The Morgan fingerprint density at radius 2 is 2.17 bits per heavy atom. The summed E-state index contributed by atoms with van der Waals surface area (Å²) in [6.45, 7) is 9.58. The van der Waals surface area contributed by atoms with Gasteiger partial charge in [0.25, 0.3) is 5.91 Å². The lowest BCUT2D eigenvalue weighted by Gasteiger charge is -2.22. The lowest BCUT2D eigenvalue weighted by Crippen LogP contribution is -2.32. The van der Waals surface area contributed by atoms with Crippen molar-refractivity contribution in [1.29, 1.82) is 0 Å². The van der Waals surface area contributed by atoms with Crippen molar-refractivity contribution in [3.63, 3.8) is 0 Å². The molecule has 1 aromatic heterocycles. The average molecular weight is 250 g/mol. The number of nitrogens with two attached hydrogens (primary N) is 1. The zero-order valence-corrected chi connectivity index (χ0v) is 11.6. The fourth-order valence-electron chi connectivity index (χ4n) is 2.44. The van der Waals surface area contributed by atoms with Gasteiger partial charge in [-0.25, -0.2) is 0 Å². The van der Waals surface area contributed by atoms with Crippen LogP contribution in [0.25, 0.3) is 0 Å². The first-order valence-electron chi connectivity index (χ1n) is 6.40. The first-order valence-corrected chi connectivity index (χ1v) is 6.40. The molecule has 2 heterocycles. The van der Waals surface area contributed by atoms with Crippen LogP contribution in [-0.4, -0.2) is 39.7 Å². The number of likely N-dealkylation sites (tertiary alicyclic amines) is 1. The summed E-state index contributed by atoms with van der Waals surface area (Å²) in [5.41, 5.74) is 7.35. The van der Waals surface area contributed by atoms with Crippen molar-refractivity contribution < 1.29 is 4.79 Å². The Hall–Kier alpha value is -1.36. The molecule has 1 aliphatic heterocycles. The molecule has 1 amide bonds. The van der Waals surface area contributed by atoms with Gasteiger partial charge in [-0.05, 0) is 34.1 Å². The van der Waals surface area contributed by atoms with Crippen molar-refractivity contribution in [3.05, 3.63) is 17.5 Å². The van der Waals surface area contributed by atoms with E-state index in [1.54, 1.807) is 6.20 Å². The standard InChI is InChI=1S/C13H22N4O/c1-9-11(7-15-17(9)13(2,3)4)12(18)16-6-5-10(14)8-16/h7,10H,5-6,8,14H2,1-4H3/t10-/m1/s1. The van der Waals surface area contributed by atoms with Gasteiger partial charge in [-0.15, -0.1) is 0 Å². The molecule has 1 fully saturated rings. The smallest absolute Gasteiger partial charge is 0.257 e. The molecule has 2 N–H and O–H groups in total. The minimum atomic E-state index is -0.107. The number of carbonyl (C=O) groups is 1. The Bertz CT molecular complexity index is 458. The maximum absolute atomic E-state index is 12.4. The molecule has 100 valence electrons. The van der Waals surface area contributed by atoms with E-state index < -0.39 is 0 Å². The van der Waals surface area contributed by atoms with Gasteiger partial charge in [-0.3, -0.25) is 9.48 Å². The van der Waals surface area contributed by atoms with Gasteiger partial charge < -0.3 is 10.6 Å². The number of hydrogen-bond acceptors (Lipinski definition) is 3. The summed E-state index contributed by atoms with van der Waals surface area (Å²) < 4.78 is 1.90. The third-order valence-corrected chi connectivity index (χ3v) is 3.39. The number of rotatable bonds is 1. The largest absolute Gasteiger partial charge is 0.337 e. The summed E-state index contributed by atoms with van der Waals surface area (Å²) in [5, 5.41) is 4.34. The van der Waals surface area contributed by atoms with Crippen LogP contribution in [0.15, 0.2) is 6.20 Å². The minimum absolute atomic E-state index is 0.0518. The fraction of sp³-hybridized carbons (Fsp3) is 0.692. The van der Waals surface area contributed by atoms with Crippen LogP contribution in [0.5, 0.6) is 0 Å². The van der Waals surface area contributed by atoms with E-state index in [9.17, 15) is 4.79 Å². The number of amides is 1. The van der Waals surface area contributed by atoms with Crippen LogP contribution in [0.2, 0.25) is 0 Å². The van der Waals surface area contributed by atoms with Crippen LogP contribution in [-0.2, 0) is 5.54 Å². The third kappa shape index (κ3) is 2.27. The molecule has 0 radical (unpaired) electrons. The number of aromatic nitrogens is 2. The average Bonchev–Trinajstić information content (AvgIpc) is 2.82. The third-order valence-electron chi connectivity index (χ3n) is 3.39. The van der Waals surface area contributed by atoms with Crippen molar-refractivity contribution >= 4 is 5.91 Å². The molecule has 1 aliphatic rings. The van der Waals surface area contributed by atoms with Crippen LogP contribution in [0.1, 0.15) is 43.2 Å². The van der Waals surface area contributed by atoms with E-state index in [2.05, 4.69) is 25.9 Å². The van der Waals surface area contributed by atoms with E-state index in [0.29, 0.717) is 12.1 Å². The Morgan fingerprint density at radius 1 is 1.50 bits per heavy atom. The predicted octanol–water partition coefficient (Wildman–Crippen LogP) is 1.12. The predicted molar refractivity (Wildman–Crippen MR) is 70.5 cm³/mol. The van der Waals surface area contributed by atoms with E-state index >= 15 is 0 Å². The first-order chi connectivity index (χ1) is 8.30. The van der Waals surface area contributed by atoms with Gasteiger partial charge >= 0.3 is 0 Å². The summed E-state index contributed by atoms with van der Waals surface area (Å²) in [5.74, 6) is 0.0518. The van der Waals surface area contributed by atoms with Crippen molar-refractivity contribution in [3.8, 4) is 0 Å². The summed E-state index contributed by atoms with van der Waals surface area (Å²) in [6, 6.07) is 0.118. The van der Waals surface area contributed by atoms with E-state index in [1.165, 1.54) is 0 Å². The van der Waals surface area contributed by atoms with E-state index in [4.69, 9.17) is 5.73 Å². The molecular formula is C13H22N4O. The van der Waals surface area contributed by atoms with Gasteiger partial charge in [-0.1, -0.05) is 0 Å². The maximum Gasteiger partial charge on any atom is 0.257 e. The Labute approximate surface area is 108 Å². The molecule has 0 bridgehead atoms. The van der Waals surface area contributed by atoms with Crippen LogP contribution in [0.4, 0.5) is 0 Å². The highest BCUT2D eigenvalue weighted by Gasteiger charge is 2.28. The molecule has 5 heteroatoms. The topological polar surface area (TPSA) is 64.2 Å². The summed E-state index contributed by atoms with van der Waals surface area (Å²) in [4.78, 5) is 14.2. The summed E-state index contributed by atoms with van der Waals surface area (Å²) in [7, 11) is 0. The zero-order chi connectivity index (χ0) is 13.5. The van der Waals surface area contributed by atoms with Gasteiger partial charge in [0, 0.05) is 24.8 Å². The van der Waals surface area contributed by atoms with E-state index in [0.717, 1.165) is 18.7 Å². The Balaban J connectivity index is 2.24. The Kier molecular flexibility index (Phi) is 3.19. The number of carbonyl (C=O) groups excluding carboxylic acids is 1. The highest BCUT2D eigenvalue weighted by Crippen LogP contribution is 2.20. The maximum atomic E-state index is 12.4.